The standard InChI is InChI=1S/C92H179N2/c1-5-9-13-16-19-22-25-28-31-34-37-40-43-46-49-52-55-58-61-64-67-70-73-76-79-82-85-89-90(86-83-80-77-74-71-68-65-62-59-56-53-50-47-44-41-38-35-32-29-26-23-20-17-14-10-6-2)93-92(88-12-8-4)94-91(89)87-84-81-78-75-72-69-66-63-60-57-54-51-48-45-42-39-36-33-30-27-24-21-18-15-11-7-3/h4-88H2,1-3H3. The molecule has 0 aliphatic heterocycles. The lowest BCUT2D eigenvalue weighted by Gasteiger charge is -2.16. The van der Waals surface area contributed by atoms with Crippen molar-refractivity contribution in [2.24, 2.45) is 0 Å². The molecular formula is C92H179N2. The number of unbranched alkanes of at least 4 members (excludes halogenated alkanes) is 76. The maximum absolute atomic E-state index is 5.42. The van der Waals surface area contributed by atoms with Crippen LogP contribution in [-0.2, 0) is 25.7 Å². The van der Waals surface area contributed by atoms with Gasteiger partial charge in [0.25, 0.3) is 0 Å². The average Bonchev–Trinajstić information content (AvgIpc) is 0.856. The van der Waals surface area contributed by atoms with Gasteiger partial charge in [-0.1, -0.05) is 516 Å². The van der Waals surface area contributed by atoms with Crippen LogP contribution in [-0.4, -0.2) is 9.97 Å². The Kier molecular flexibility index (Phi) is 78.5. The first kappa shape index (κ1) is 91.1. The lowest BCUT2D eigenvalue weighted by molar-refractivity contribution is 0.514. The van der Waals surface area contributed by atoms with Crippen LogP contribution in [0.3, 0.4) is 0 Å². The van der Waals surface area contributed by atoms with Crippen molar-refractivity contribution in [1.29, 1.82) is 0 Å². The van der Waals surface area contributed by atoms with E-state index in [2.05, 4.69) is 27.7 Å². The van der Waals surface area contributed by atoms with Gasteiger partial charge in [0.05, 0.1) is 0 Å². The largest absolute Gasteiger partial charge is 0.238 e. The zero-order valence-electron chi connectivity index (χ0n) is 66.0. The Morgan fingerprint density at radius 1 is 0.160 bits per heavy atom. The molecule has 0 fully saturated rings. The molecule has 0 saturated carbocycles. The van der Waals surface area contributed by atoms with Crippen molar-refractivity contribution < 1.29 is 0 Å². The maximum Gasteiger partial charge on any atom is 0.128 e. The number of aryl methyl sites for hydroxylation is 3. The zero-order chi connectivity index (χ0) is 67.1. The van der Waals surface area contributed by atoms with E-state index >= 15 is 0 Å². The lowest BCUT2D eigenvalue weighted by atomic mass is 9.96. The van der Waals surface area contributed by atoms with E-state index in [9.17, 15) is 0 Å². The molecule has 0 amide bonds. The number of nitrogens with zero attached hydrogens (tertiary/aromatic N) is 2. The van der Waals surface area contributed by atoms with Crippen molar-refractivity contribution in [2.75, 3.05) is 0 Å². The third-order valence-corrected chi connectivity index (χ3v) is 22.2. The highest BCUT2D eigenvalue weighted by molar-refractivity contribution is 5.27. The highest BCUT2D eigenvalue weighted by Crippen LogP contribution is 2.25. The van der Waals surface area contributed by atoms with E-state index < -0.39 is 0 Å². The minimum absolute atomic E-state index is 0.981. The second-order valence-corrected chi connectivity index (χ2v) is 31.7. The van der Waals surface area contributed by atoms with Crippen molar-refractivity contribution in [1.82, 2.24) is 9.97 Å². The summed E-state index contributed by atoms with van der Waals surface area (Å²) in [6.45, 7) is 11.2. The van der Waals surface area contributed by atoms with Crippen LogP contribution in [0.25, 0.3) is 0 Å². The molecule has 0 N–H and O–H groups in total. The molecule has 0 unspecified atom stereocenters. The van der Waals surface area contributed by atoms with Gasteiger partial charge >= 0.3 is 0 Å². The molecule has 1 heterocycles. The predicted octanol–water partition coefficient (Wildman–Crippen LogP) is 33.7. The molecule has 1 radical (unpaired) electrons. The Balaban J connectivity index is 2.37. The molecule has 0 aliphatic rings. The first-order valence-electron chi connectivity index (χ1n) is 45.4. The molecule has 0 aromatic carbocycles. The molecular weight excluding hydrogens is 1130 g/mol. The van der Waals surface area contributed by atoms with Crippen molar-refractivity contribution in [3.63, 3.8) is 0 Å². The van der Waals surface area contributed by atoms with Gasteiger partial charge in [-0.15, -0.1) is 0 Å². The SMILES string of the molecule is [CH2]CCCc1nc(CCCCCCCCCCCCCCCCCCCCCCCCCCCC)c(CCCCCCCCCCCCCCCCCCCCCCCCCCCC)c(CCCCCCCCCCCCCCCCCCCCCCCCCCCC)n1. The predicted molar refractivity (Wildman–Crippen MR) is 429 cm³/mol. The van der Waals surface area contributed by atoms with E-state index in [1.54, 1.807) is 5.56 Å². The third kappa shape index (κ3) is 69.6. The van der Waals surface area contributed by atoms with Crippen LogP contribution >= 0.6 is 0 Å². The first-order chi connectivity index (χ1) is 46.8. The number of rotatable bonds is 84. The van der Waals surface area contributed by atoms with E-state index in [1.807, 2.05) is 0 Å². The molecule has 1 aromatic rings. The molecule has 0 bridgehead atoms. The highest BCUT2D eigenvalue weighted by atomic mass is 14.9. The van der Waals surface area contributed by atoms with Crippen molar-refractivity contribution in [3.05, 3.63) is 29.7 Å². The molecule has 0 saturated heterocycles. The zero-order valence-corrected chi connectivity index (χ0v) is 66.0. The van der Waals surface area contributed by atoms with Gasteiger partial charge in [-0.25, -0.2) is 9.97 Å². The minimum Gasteiger partial charge on any atom is -0.238 e. The van der Waals surface area contributed by atoms with Crippen LogP contribution < -0.4 is 0 Å². The second kappa shape index (κ2) is 81.0. The molecule has 2 nitrogen and oxygen atoms in total. The highest BCUT2D eigenvalue weighted by Gasteiger charge is 2.15. The summed E-state index contributed by atoms with van der Waals surface area (Å²) in [7, 11) is 0. The van der Waals surface area contributed by atoms with Gasteiger partial charge in [-0.05, 0) is 50.5 Å². The van der Waals surface area contributed by atoms with E-state index in [4.69, 9.17) is 9.97 Å². The fourth-order valence-electron chi connectivity index (χ4n) is 15.6. The van der Waals surface area contributed by atoms with E-state index in [0.717, 1.165) is 25.1 Å². The van der Waals surface area contributed by atoms with E-state index in [1.165, 1.54) is 531 Å². The molecule has 1 aromatic heterocycles. The summed E-state index contributed by atoms with van der Waals surface area (Å²) in [6, 6.07) is 0. The summed E-state index contributed by atoms with van der Waals surface area (Å²) in [5.41, 5.74) is 4.48. The Labute approximate surface area is 596 Å². The van der Waals surface area contributed by atoms with Gasteiger partial charge in [0.2, 0.25) is 0 Å². The van der Waals surface area contributed by atoms with E-state index in [-0.39, 0.29) is 0 Å². The van der Waals surface area contributed by atoms with Crippen molar-refractivity contribution >= 4 is 0 Å². The summed E-state index contributed by atoms with van der Waals surface area (Å²) >= 11 is 0. The van der Waals surface area contributed by atoms with Crippen LogP contribution in [0, 0.1) is 6.92 Å². The molecule has 1 rings (SSSR count). The third-order valence-electron chi connectivity index (χ3n) is 22.2. The molecule has 0 aliphatic carbocycles. The van der Waals surface area contributed by atoms with Crippen LogP contribution in [0.2, 0.25) is 0 Å². The first-order valence-corrected chi connectivity index (χ1v) is 45.4. The summed E-state index contributed by atoms with van der Waals surface area (Å²) < 4.78 is 0. The normalized spacial score (nSPS) is 11.8. The van der Waals surface area contributed by atoms with Gasteiger partial charge in [0.1, 0.15) is 5.82 Å². The molecule has 0 atom stereocenters. The quantitative estimate of drug-likeness (QED) is 0.0608. The summed E-state index contributed by atoms with van der Waals surface area (Å²) in [5.74, 6) is 1.13. The fourth-order valence-corrected chi connectivity index (χ4v) is 15.6. The van der Waals surface area contributed by atoms with Gasteiger partial charge < -0.3 is 0 Å². The minimum atomic E-state index is 0.981. The average molecular weight is 1310 g/mol. The van der Waals surface area contributed by atoms with Crippen LogP contribution in [0.15, 0.2) is 0 Å². The molecule has 557 valence electrons. The number of hydrogen-bond donors (Lipinski definition) is 0. The van der Waals surface area contributed by atoms with Gasteiger partial charge in [-0.2, -0.15) is 0 Å². The maximum atomic E-state index is 5.42. The Morgan fingerprint density at radius 2 is 0.298 bits per heavy atom. The fraction of sp³-hybridized carbons (Fsp3) is 0.946. The van der Waals surface area contributed by atoms with Crippen LogP contribution in [0.4, 0.5) is 0 Å². The Bertz CT molecular complexity index is 1440. The Morgan fingerprint density at radius 3 is 0.447 bits per heavy atom. The number of hydrogen-bond acceptors (Lipinski definition) is 2. The van der Waals surface area contributed by atoms with Gasteiger partial charge in [0, 0.05) is 17.8 Å². The van der Waals surface area contributed by atoms with Gasteiger partial charge in [-0.3, -0.25) is 0 Å². The van der Waals surface area contributed by atoms with E-state index in [0.29, 0.717) is 0 Å². The Hall–Kier alpha value is -0.920. The summed E-state index contributed by atoms with van der Waals surface area (Å²) in [5, 5.41) is 0. The summed E-state index contributed by atoms with van der Waals surface area (Å²) in [4.78, 5) is 10.8. The molecule has 2 heteroatoms. The number of aromatic nitrogens is 2. The van der Waals surface area contributed by atoms with Crippen molar-refractivity contribution in [2.45, 2.75) is 560 Å². The topological polar surface area (TPSA) is 25.8 Å². The van der Waals surface area contributed by atoms with Crippen LogP contribution in [0.1, 0.15) is 557 Å². The summed E-state index contributed by atoms with van der Waals surface area (Å²) in [6.07, 6.45) is 120. The second-order valence-electron chi connectivity index (χ2n) is 31.7. The monoisotopic (exact) mass is 1310 g/mol. The lowest BCUT2D eigenvalue weighted by Crippen LogP contribution is -2.11. The molecule has 0 spiro atoms. The smallest absolute Gasteiger partial charge is 0.128 e. The van der Waals surface area contributed by atoms with Crippen LogP contribution in [0.5, 0.6) is 0 Å². The molecule has 94 heavy (non-hydrogen) atoms. The van der Waals surface area contributed by atoms with Crippen molar-refractivity contribution in [3.8, 4) is 0 Å². The van der Waals surface area contributed by atoms with Gasteiger partial charge in [0.15, 0.2) is 0 Å².